The minimum absolute atomic E-state index is 0.227. The third kappa shape index (κ3) is 1.99. The summed E-state index contributed by atoms with van der Waals surface area (Å²) in [5.41, 5.74) is -0.320. The maximum atomic E-state index is 13.8. The lowest BCUT2D eigenvalue weighted by Gasteiger charge is -2.14. The summed E-state index contributed by atoms with van der Waals surface area (Å²) in [6.07, 6.45) is 1.28. The Balaban J connectivity index is 1.85. The van der Waals surface area contributed by atoms with Gasteiger partial charge >= 0.3 is 0 Å². The van der Waals surface area contributed by atoms with E-state index in [1.165, 1.54) is 6.07 Å². The van der Waals surface area contributed by atoms with Crippen molar-refractivity contribution in [2.24, 2.45) is 0 Å². The molecule has 1 aliphatic carbocycles. The number of aromatic nitrogens is 3. The third-order valence-electron chi connectivity index (χ3n) is 3.40. The van der Waals surface area contributed by atoms with E-state index in [2.05, 4.69) is 20.5 Å². The molecule has 2 N–H and O–H groups in total. The van der Waals surface area contributed by atoms with Crippen molar-refractivity contribution in [1.29, 1.82) is 0 Å². The summed E-state index contributed by atoms with van der Waals surface area (Å²) >= 11 is 0. The fraction of sp³-hybridized carbons (Fsp3) is 0.308. The van der Waals surface area contributed by atoms with E-state index in [0.717, 1.165) is 0 Å². The monoisotopic (exact) mass is 260 g/mol. The van der Waals surface area contributed by atoms with Crippen LogP contribution in [-0.4, -0.2) is 21.1 Å². The van der Waals surface area contributed by atoms with Gasteiger partial charge in [0.25, 0.3) is 0 Å². The average molecular weight is 260 g/mol. The fourth-order valence-electron chi connectivity index (χ4n) is 2.21. The van der Waals surface area contributed by atoms with Crippen LogP contribution < -0.4 is 5.32 Å². The number of amides is 1. The van der Waals surface area contributed by atoms with Crippen LogP contribution in [0.3, 0.4) is 0 Å². The van der Waals surface area contributed by atoms with Crippen LogP contribution in [0.1, 0.15) is 24.2 Å². The first kappa shape index (κ1) is 11.8. The number of anilines is 1. The number of carbonyl (C=O) groups is 1. The van der Waals surface area contributed by atoms with Crippen LogP contribution in [0.5, 0.6) is 0 Å². The second-order valence-corrected chi connectivity index (χ2v) is 4.76. The van der Waals surface area contributed by atoms with Crippen molar-refractivity contribution in [2.75, 3.05) is 5.32 Å². The molecule has 3 rings (SSSR count). The molecule has 0 saturated heterocycles. The van der Waals surface area contributed by atoms with Crippen molar-refractivity contribution >= 4 is 11.9 Å². The van der Waals surface area contributed by atoms with Crippen molar-refractivity contribution < 1.29 is 9.18 Å². The van der Waals surface area contributed by atoms with E-state index in [-0.39, 0.29) is 17.7 Å². The van der Waals surface area contributed by atoms with Gasteiger partial charge < -0.3 is 0 Å². The predicted octanol–water partition coefficient (Wildman–Crippen LogP) is 1.92. The lowest BCUT2D eigenvalue weighted by molar-refractivity contribution is -0.118. The van der Waals surface area contributed by atoms with Gasteiger partial charge in [0.2, 0.25) is 11.9 Å². The zero-order valence-corrected chi connectivity index (χ0v) is 10.4. The summed E-state index contributed by atoms with van der Waals surface area (Å²) in [5, 5.41) is 9.13. The molecule has 1 heterocycles. The highest BCUT2D eigenvalue weighted by atomic mass is 19.1. The van der Waals surface area contributed by atoms with E-state index in [0.29, 0.717) is 24.2 Å². The molecule has 1 aromatic carbocycles. The predicted molar refractivity (Wildman–Crippen MR) is 67.1 cm³/mol. The van der Waals surface area contributed by atoms with Crippen LogP contribution in [0.2, 0.25) is 0 Å². The van der Waals surface area contributed by atoms with Crippen molar-refractivity contribution in [3.05, 3.63) is 41.5 Å². The van der Waals surface area contributed by atoms with Crippen LogP contribution in [0.4, 0.5) is 10.3 Å². The summed E-state index contributed by atoms with van der Waals surface area (Å²) < 4.78 is 13.8. The number of H-pyrrole nitrogens is 1. The third-order valence-corrected chi connectivity index (χ3v) is 3.40. The Hall–Kier alpha value is -2.24. The number of nitrogens with one attached hydrogen (secondary N) is 2. The molecule has 2 aromatic rings. The molecule has 6 heteroatoms. The van der Waals surface area contributed by atoms with Crippen LogP contribution in [0, 0.1) is 12.7 Å². The highest BCUT2D eigenvalue weighted by molar-refractivity contribution is 6.00. The van der Waals surface area contributed by atoms with Gasteiger partial charge in [0.1, 0.15) is 11.6 Å². The first-order valence-corrected chi connectivity index (χ1v) is 6.07. The Morgan fingerprint density at radius 2 is 2.16 bits per heavy atom. The molecule has 0 unspecified atom stereocenters. The van der Waals surface area contributed by atoms with E-state index in [1.807, 2.05) is 0 Å². The highest BCUT2D eigenvalue weighted by Crippen LogP contribution is 2.49. The second kappa shape index (κ2) is 4.15. The van der Waals surface area contributed by atoms with Crippen LogP contribution >= 0.6 is 0 Å². The minimum Gasteiger partial charge on any atom is -0.292 e. The SMILES string of the molecule is Cc1nc(NC(=O)C2(c3ccccc3F)CC2)n[nH]1. The van der Waals surface area contributed by atoms with Gasteiger partial charge in [-0.2, -0.15) is 4.98 Å². The Bertz CT molecular complexity index is 633. The van der Waals surface area contributed by atoms with Crippen LogP contribution in [0.15, 0.2) is 24.3 Å². The van der Waals surface area contributed by atoms with Crippen LogP contribution in [-0.2, 0) is 10.2 Å². The van der Waals surface area contributed by atoms with Gasteiger partial charge in [-0.25, -0.2) is 4.39 Å². The Morgan fingerprint density at radius 3 is 2.74 bits per heavy atom. The van der Waals surface area contributed by atoms with Gasteiger partial charge in [-0.05, 0) is 25.8 Å². The summed E-state index contributed by atoms with van der Waals surface area (Å²) in [6, 6.07) is 6.39. The lowest BCUT2D eigenvalue weighted by Crippen LogP contribution is -2.29. The maximum Gasteiger partial charge on any atom is 0.248 e. The largest absolute Gasteiger partial charge is 0.292 e. The number of halogens is 1. The van der Waals surface area contributed by atoms with Crippen molar-refractivity contribution in [3.8, 4) is 0 Å². The number of hydrogen-bond donors (Lipinski definition) is 2. The normalized spacial score (nSPS) is 16.1. The molecule has 1 saturated carbocycles. The number of nitrogens with zero attached hydrogens (tertiary/aromatic N) is 2. The molecule has 0 spiro atoms. The zero-order valence-electron chi connectivity index (χ0n) is 10.4. The number of rotatable bonds is 3. The quantitative estimate of drug-likeness (QED) is 0.885. The van der Waals surface area contributed by atoms with Gasteiger partial charge in [0, 0.05) is 5.56 Å². The number of hydrogen-bond acceptors (Lipinski definition) is 3. The molecule has 0 atom stereocenters. The number of aromatic amines is 1. The topological polar surface area (TPSA) is 70.7 Å². The Morgan fingerprint density at radius 1 is 1.42 bits per heavy atom. The van der Waals surface area contributed by atoms with Crippen molar-refractivity contribution in [2.45, 2.75) is 25.2 Å². The summed E-state index contributed by atoms with van der Waals surface area (Å²) in [4.78, 5) is 16.3. The molecule has 1 fully saturated rings. The molecule has 0 aliphatic heterocycles. The molecule has 5 nitrogen and oxygen atoms in total. The van der Waals surface area contributed by atoms with Crippen molar-refractivity contribution in [3.63, 3.8) is 0 Å². The Kier molecular flexibility index (Phi) is 2.58. The van der Waals surface area contributed by atoms with Gasteiger partial charge in [-0.1, -0.05) is 18.2 Å². The summed E-state index contributed by atoms with van der Waals surface area (Å²) in [5.74, 6) is 0.245. The van der Waals surface area contributed by atoms with E-state index in [9.17, 15) is 9.18 Å². The molecule has 98 valence electrons. The van der Waals surface area contributed by atoms with Gasteiger partial charge in [0.05, 0.1) is 5.41 Å². The molecule has 1 aromatic heterocycles. The highest BCUT2D eigenvalue weighted by Gasteiger charge is 2.52. The van der Waals surface area contributed by atoms with Gasteiger partial charge in [0.15, 0.2) is 0 Å². The summed E-state index contributed by atoms with van der Waals surface area (Å²) in [6.45, 7) is 1.74. The maximum absolute atomic E-state index is 13.8. The molecule has 1 aliphatic rings. The first-order chi connectivity index (χ1) is 9.12. The minimum atomic E-state index is -0.764. The second-order valence-electron chi connectivity index (χ2n) is 4.76. The molecular weight excluding hydrogens is 247 g/mol. The lowest BCUT2D eigenvalue weighted by atomic mass is 9.94. The smallest absolute Gasteiger partial charge is 0.248 e. The Labute approximate surface area is 109 Å². The number of carbonyl (C=O) groups excluding carboxylic acids is 1. The summed E-state index contributed by atoms with van der Waals surface area (Å²) in [7, 11) is 0. The number of benzene rings is 1. The number of aryl methyl sites for hydroxylation is 1. The van der Waals surface area contributed by atoms with E-state index in [1.54, 1.807) is 25.1 Å². The van der Waals surface area contributed by atoms with E-state index in [4.69, 9.17) is 0 Å². The van der Waals surface area contributed by atoms with E-state index >= 15 is 0 Å². The molecule has 0 radical (unpaired) electrons. The van der Waals surface area contributed by atoms with Gasteiger partial charge in [-0.3, -0.25) is 15.2 Å². The average Bonchev–Trinajstić information content (AvgIpc) is 3.09. The van der Waals surface area contributed by atoms with Crippen molar-refractivity contribution in [1.82, 2.24) is 15.2 Å². The molecule has 0 bridgehead atoms. The first-order valence-electron chi connectivity index (χ1n) is 6.07. The van der Waals surface area contributed by atoms with Gasteiger partial charge in [-0.15, -0.1) is 5.10 Å². The zero-order chi connectivity index (χ0) is 13.5. The van der Waals surface area contributed by atoms with Crippen LogP contribution in [0.25, 0.3) is 0 Å². The molecular formula is C13H13FN4O. The molecule has 19 heavy (non-hydrogen) atoms. The fourth-order valence-corrected chi connectivity index (χ4v) is 2.21. The van der Waals surface area contributed by atoms with E-state index < -0.39 is 5.41 Å². The standard InChI is InChI=1S/C13H13FN4O/c1-8-15-12(18-17-8)16-11(19)13(6-7-13)9-4-2-3-5-10(9)14/h2-5H,6-7H2,1H3,(H2,15,16,17,18,19). The molecule has 1 amide bonds.